The summed E-state index contributed by atoms with van der Waals surface area (Å²) >= 11 is 0. The Kier molecular flexibility index (Phi) is 2.62. The maximum absolute atomic E-state index is 6.23. The predicted octanol–water partition coefficient (Wildman–Crippen LogP) is 2.98. The number of anilines is 2. The third-order valence-corrected chi connectivity index (χ3v) is 4.46. The van der Waals surface area contributed by atoms with Crippen LogP contribution in [0.25, 0.3) is 0 Å². The highest BCUT2D eigenvalue weighted by atomic mass is 16.5. The van der Waals surface area contributed by atoms with Gasteiger partial charge in [0.15, 0.2) is 0 Å². The second-order valence-electron chi connectivity index (χ2n) is 6.98. The van der Waals surface area contributed by atoms with Crippen molar-refractivity contribution >= 4 is 11.4 Å². The minimum atomic E-state index is -0.132. The number of ether oxygens (including phenoxy) is 1. The monoisotopic (exact) mass is 260 g/mol. The van der Waals surface area contributed by atoms with Crippen LogP contribution >= 0.6 is 0 Å². The molecule has 2 aliphatic rings. The third-order valence-electron chi connectivity index (χ3n) is 4.46. The van der Waals surface area contributed by atoms with Crippen LogP contribution < -0.4 is 10.6 Å². The second kappa shape index (κ2) is 3.89. The van der Waals surface area contributed by atoms with Crippen molar-refractivity contribution in [1.82, 2.24) is 0 Å². The number of benzene rings is 1. The van der Waals surface area contributed by atoms with E-state index in [1.54, 1.807) is 0 Å². The number of hydrogen-bond donors (Lipinski definition) is 1. The normalized spacial score (nSPS) is 27.6. The highest BCUT2D eigenvalue weighted by molar-refractivity contribution is 5.74. The van der Waals surface area contributed by atoms with E-state index in [-0.39, 0.29) is 11.2 Å². The van der Waals surface area contributed by atoms with Crippen molar-refractivity contribution in [2.75, 3.05) is 17.2 Å². The fourth-order valence-electron chi connectivity index (χ4n) is 3.85. The average molecular weight is 260 g/mol. The summed E-state index contributed by atoms with van der Waals surface area (Å²) in [5, 5.41) is 0. The molecule has 104 valence electrons. The molecule has 2 heterocycles. The molecule has 3 rings (SSSR count). The van der Waals surface area contributed by atoms with E-state index in [2.05, 4.69) is 44.7 Å². The topological polar surface area (TPSA) is 38.5 Å². The number of nitrogens with zero attached hydrogens (tertiary/aromatic N) is 1. The Morgan fingerprint density at radius 3 is 2.63 bits per heavy atom. The molecule has 0 amide bonds. The minimum absolute atomic E-state index is 0.0551. The molecule has 1 aromatic carbocycles. The Balaban J connectivity index is 1.98. The Bertz CT molecular complexity index is 507. The van der Waals surface area contributed by atoms with Gasteiger partial charge in [0.2, 0.25) is 0 Å². The van der Waals surface area contributed by atoms with Crippen LogP contribution in [0.4, 0.5) is 11.4 Å². The summed E-state index contributed by atoms with van der Waals surface area (Å²) in [6.07, 6.45) is 2.14. The van der Waals surface area contributed by atoms with Crippen molar-refractivity contribution in [3.63, 3.8) is 0 Å². The first-order chi connectivity index (χ1) is 8.80. The lowest BCUT2D eigenvalue weighted by molar-refractivity contribution is -0.0678. The number of para-hydroxylation sites is 1. The Labute approximate surface area is 115 Å². The molecule has 1 saturated heterocycles. The molecule has 1 unspecified atom stereocenters. The van der Waals surface area contributed by atoms with Crippen LogP contribution in [0.5, 0.6) is 0 Å². The van der Waals surface area contributed by atoms with E-state index in [9.17, 15) is 0 Å². The Hall–Kier alpha value is -1.22. The predicted molar refractivity (Wildman–Crippen MR) is 79.6 cm³/mol. The van der Waals surface area contributed by atoms with E-state index in [0.717, 1.165) is 25.1 Å². The third kappa shape index (κ3) is 2.00. The van der Waals surface area contributed by atoms with Crippen LogP contribution in [-0.2, 0) is 11.2 Å². The molecule has 0 radical (unpaired) electrons. The van der Waals surface area contributed by atoms with Crippen molar-refractivity contribution in [1.29, 1.82) is 0 Å². The molecule has 3 nitrogen and oxygen atoms in total. The zero-order chi connectivity index (χ0) is 13.8. The van der Waals surface area contributed by atoms with Crippen LogP contribution in [0.15, 0.2) is 18.2 Å². The summed E-state index contributed by atoms with van der Waals surface area (Å²) in [5.74, 6) is 0. The Morgan fingerprint density at radius 1 is 1.26 bits per heavy atom. The minimum Gasteiger partial charge on any atom is -0.397 e. The van der Waals surface area contributed by atoms with Gasteiger partial charge in [-0.3, -0.25) is 0 Å². The summed E-state index contributed by atoms with van der Waals surface area (Å²) in [7, 11) is 0. The fraction of sp³-hybridized carbons (Fsp3) is 0.625. The van der Waals surface area contributed by atoms with E-state index in [1.807, 2.05) is 6.07 Å². The molecule has 0 aliphatic carbocycles. The van der Waals surface area contributed by atoms with E-state index >= 15 is 0 Å². The molecular weight excluding hydrogens is 236 g/mol. The van der Waals surface area contributed by atoms with Gasteiger partial charge in [0.05, 0.1) is 28.6 Å². The molecule has 2 N–H and O–H groups in total. The van der Waals surface area contributed by atoms with Crippen molar-refractivity contribution in [2.45, 2.75) is 57.8 Å². The molecule has 0 saturated carbocycles. The lowest BCUT2D eigenvalue weighted by Crippen LogP contribution is -2.46. The molecule has 19 heavy (non-hydrogen) atoms. The van der Waals surface area contributed by atoms with Gasteiger partial charge in [0, 0.05) is 6.54 Å². The van der Waals surface area contributed by atoms with Gasteiger partial charge in [-0.2, -0.15) is 0 Å². The van der Waals surface area contributed by atoms with E-state index in [4.69, 9.17) is 10.5 Å². The number of hydrogen-bond acceptors (Lipinski definition) is 3. The van der Waals surface area contributed by atoms with Crippen molar-refractivity contribution in [2.24, 2.45) is 0 Å². The SMILES string of the molecule is CC1(C)CC(N2CCc3cccc(N)c32)C(C)(C)O1. The van der Waals surface area contributed by atoms with Crippen LogP contribution in [0.1, 0.15) is 39.7 Å². The van der Waals surface area contributed by atoms with E-state index in [1.165, 1.54) is 11.3 Å². The summed E-state index contributed by atoms with van der Waals surface area (Å²) in [6.45, 7) is 9.81. The van der Waals surface area contributed by atoms with Crippen LogP contribution in [0, 0.1) is 0 Å². The molecule has 0 aromatic heterocycles. The maximum atomic E-state index is 6.23. The van der Waals surface area contributed by atoms with Crippen molar-refractivity contribution in [3.8, 4) is 0 Å². The van der Waals surface area contributed by atoms with Gasteiger partial charge in [0.25, 0.3) is 0 Å². The first-order valence-electron chi connectivity index (χ1n) is 7.14. The fourth-order valence-corrected chi connectivity index (χ4v) is 3.85. The van der Waals surface area contributed by atoms with Crippen LogP contribution in [0.3, 0.4) is 0 Å². The smallest absolute Gasteiger partial charge is 0.0837 e. The molecular formula is C16H24N2O. The van der Waals surface area contributed by atoms with E-state index in [0.29, 0.717) is 6.04 Å². The quantitative estimate of drug-likeness (QED) is 0.789. The standard InChI is InChI=1S/C16H24N2O/c1-15(2)10-13(16(3,4)19-15)18-9-8-11-6-5-7-12(17)14(11)18/h5-7,13H,8-10,17H2,1-4H3. The van der Waals surface area contributed by atoms with Gasteiger partial charge in [-0.1, -0.05) is 12.1 Å². The number of nitrogens with two attached hydrogens (primary N) is 1. The Morgan fingerprint density at radius 2 is 2.00 bits per heavy atom. The van der Waals surface area contributed by atoms with Crippen molar-refractivity contribution < 1.29 is 4.74 Å². The van der Waals surface area contributed by atoms with Crippen LogP contribution in [-0.4, -0.2) is 23.8 Å². The van der Waals surface area contributed by atoms with Gasteiger partial charge >= 0.3 is 0 Å². The summed E-state index contributed by atoms with van der Waals surface area (Å²) in [4.78, 5) is 2.47. The molecule has 1 aromatic rings. The number of rotatable bonds is 1. The molecule has 0 bridgehead atoms. The zero-order valence-electron chi connectivity index (χ0n) is 12.4. The van der Waals surface area contributed by atoms with Gasteiger partial charge in [-0.25, -0.2) is 0 Å². The van der Waals surface area contributed by atoms with E-state index < -0.39 is 0 Å². The molecule has 3 heteroatoms. The lowest BCUT2D eigenvalue weighted by Gasteiger charge is -2.36. The second-order valence-corrected chi connectivity index (χ2v) is 6.98. The summed E-state index contributed by atoms with van der Waals surface area (Å²) in [5.41, 5.74) is 9.53. The zero-order valence-corrected chi connectivity index (χ0v) is 12.4. The molecule has 1 atom stereocenters. The van der Waals surface area contributed by atoms with Gasteiger partial charge in [-0.05, 0) is 52.2 Å². The highest BCUT2D eigenvalue weighted by Gasteiger charge is 2.49. The highest BCUT2D eigenvalue weighted by Crippen LogP contribution is 2.45. The number of nitrogen functional groups attached to an aromatic ring is 1. The summed E-state index contributed by atoms with van der Waals surface area (Å²) in [6, 6.07) is 6.65. The number of fused-ring (bicyclic) bond motifs is 1. The molecule has 1 fully saturated rings. The van der Waals surface area contributed by atoms with Gasteiger partial charge < -0.3 is 15.4 Å². The van der Waals surface area contributed by atoms with Crippen LogP contribution in [0.2, 0.25) is 0 Å². The summed E-state index contributed by atoms with van der Waals surface area (Å²) < 4.78 is 6.23. The first-order valence-corrected chi connectivity index (χ1v) is 7.14. The lowest BCUT2D eigenvalue weighted by atomic mass is 9.93. The largest absolute Gasteiger partial charge is 0.397 e. The van der Waals surface area contributed by atoms with Gasteiger partial charge in [-0.15, -0.1) is 0 Å². The average Bonchev–Trinajstić information content (AvgIpc) is 2.77. The molecule has 0 spiro atoms. The van der Waals surface area contributed by atoms with Gasteiger partial charge in [0.1, 0.15) is 0 Å². The van der Waals surface area contributed by atoms with Crippen molar-refractivity contribution in [3.05, 3.63) is 23.8 Å². The maximum Gasteiger partial charge on any atom is 0.0837 e. The molecule has 2 aliphatic heterocycles. The first kappa shape index (κ1) is 12.8.